The van der Waals surface area contributed by atoms with Gasteiger partial charge in [-0.2, -0.15) is 0 Å². The number of fused-ring (bicyclic) bond motifs is 1. The molecule has 0 radical (unpaired) electrons. The molecule has 1 aliphatic rings. The molecule has 0 spiro atoms. The number of esters is 1. The van der Waals surface area contributed by atoms with Crippen molar-refractivity contribution in [2.75, 3.05) is 24.4 Å². The molecule has 1 unspecified atom stereocenters. The van der Waals surface area contributed by atoms with Crippen molar-refractivity contribution in [1.29, 1.82) is 0 Å². The molecule has 2 heterocycles. The van der Waals surface area contributed by atoms with Crippen molar-refractivity contribution in [3.05, 3.63) is 40.3 Å². The minimum Gasteiger partial charge on any atom is -0.497 e. The van der Waals surface area contributed by atoms with Crippen molar-refractivity contribution in [3.63, 3.8) is 0 Å². The van der Waals surface area contributed by atoms with E-state index in [2.05, 4.69) is 24.5 Å². The molecular weight excluding hydrogens is 408 g/mol. The summed E-state index contributed by atoms with van der Waals surface area (Å²) >= 11 is 6.96. The molecule has 156 valence electrons. The Bertz CT molecular complexity index is 895. The highest BCUT2D eigenvalue weighted by molar-refractivity contribution is 7.80. The van der Waals surface area contributed by atoms with Crippen LogP contribution in [0.1, 0.15) is 48.0 Å². The highest BCUT2D eigenvalue weighted by Gasteiger charge is 2.36. The molecule has 2 N–H and O–H groups in total. The summed E-state index contributed by atoms with van der Waals surface area (Å²) in [6.45, 7) is 6.77. The SMILES string of the molecule is CCOC(=O)c1c(NC(=S)Nc2ccc(OC)cc2)sc2c1CC(C)(CC)OC2. The van der Waals surface area contributed by atoms with Crippen LogP contribution in [0.5, 0.6) is 5.75 Å². The van der Waals surface area contributed by atoms with Gasteiger partial charge in [0.1, 0.15) is 10.8 Å². The highest BCUT2D eigenvalue weighted by Crippen LogP contribution is 2.41. The number of thiophene rings is 1. The van der Waals surface area contributed by atoms with Gasteiger partial charge in [0.15, 0.2) is 5.11 Å². The Morgan fingerprint density at radius 2 is 2.00 bits per heavy atom. The van der Waals surface area contributed by atoms with Gasteiger partial charge in [0.25, 0.3) is 0 Å². The van der Waals surface area contributed by atoms with Crippen molar-refractivity contribution in [2.24, 2.45) is 0 Å². The third-order valence-corrected chi connectivity index (χ3v) is 6.32. The lowest BCUT2D eigenvalue weighted by atomic mass is 9.89. The minimum absolute atomic E-state index is 0.283. The van der Waals surface area contributed by atoms with Gasteiger partial charge in [0, 0.05) is 17.0 Å². The summed E-state index contributed by atoms with van der Waals surface area (Å²) < 4.78 is 16.5. The molecule has 1 atom stereocenters. The second kappa shape index (κ2) is 9.11. The second-order valence-electron chi connectivity index (χ2n) is 7.00. The van der Waals surface area contributed by atoms with Gasteiger partial charge in [0.2, 0.25) is 0 Å². The molecule has 0 saturated carbocycles. The number of hydrogen-bond acceptors (Lipinski definition) is 6. The molecule has 1 aliphatic heterocycles. The van der Waals surface area contributed by atoms with E-state index in [1.807, 2.05) is 24.3 Å². The standard InChI is InChI=1S/C21H26N2O4S2/c1-5-21(3)11-15-16(12-27-21)29-18(17(15)19(24)26-6-2)23-20(28)22-13-7-9-14(25-4)10-8-13/h7-10H,5-6,11-12H2,1-4H3,(H2,22,23,28). The molecule has 2 aromatic rings. The average molecular weight is 435 g/mol. The van der Waals surface area contributed by atoms with E-state index in [4.69, 9.17) is 26.4 Å². The predicted molar refractivity (Wildman–Crippen MR) is 120 cm³/mol. The van der Waals surface area contributed by atoms with Gasteiger partial charge < -0.3 is 24.8 Å². The van der Waals surface area contributed by atoms with Crippen molar-refractivity contribution in [3.8, 4) is 5.75 Å². The molecule has 0 fully saturated rings. The first-order valence-electron chi connectivity index (χ1n) is 9.56. The van der Waals surface area contributed by atoms with Crippen LogP contribution in [0, 0.1) is 0 Å². The molecule has 0 amide bonds. The Morgan fingerprint density at radius 1 is 1.28 bits per heavy atom. The van der Waals surface area contributed by atoms with Gasteiger partial charge in [0.05, 0.1) is 31.5 Å². The third-order valence-electron chi connectivity index (χ3n) is 5.00. The normalized spacial score (nSPS) is 17.9. The van der Waals surface area contributed by atoms with Gasteiger partial charge in [-0.15, -0.1) is 11.3 Å². The molecule has 0 aliphatic carbocycles. The molecule has 6 nitrogen and oxygen atoms in total. The number of ether oxygens (including phenoxy) is 3. The number of benzene rings is 1. The van der Waals surface area contributed by atoms with E-state index in [1.54, 1.807) is 14.0 Å². The molecule has 0 saturated heterocycles. The topological polar surface area (TPSA) is 68.8 Å². The van der Waals surface area contributed by atoms with E-state index in [0.717, 1.165) is 28.3 Å². The number of anilines is 2. The van der Waals surface area contributed by atoms with Gasteiger partial charge in [-0.25, -0.2) is 4.79 Å². The number of nitrogens with one attached hydrogen (secondary N) is 2. The summed E-state index contributed by atoms with van der Waals surface area (Å²) in [5.74, 6) is 0.434. The lowest BCUT2D eigenvalue weighted by Crippen LogP contribution is -2.34. The summed E-state index contributed by atoms with van der Waals surface area (Å²) in [5, 5.41) is 7.40. The Hall–Kier alpha value is -2.16. The number of hydrogen-bond donors (Lipinski definition) is 2. The van der Waals surface area contributed by atoms with Crippen molar-refractivity contribution >= 4 is 45.3 Å². The van der Waals surface area contributed by atoms with E-state index in [-0.39, 0.29) is 11.6 Å². The van der Waals surface area contributed by atoms with Crippen LogP contribution in [-0.4, -0.2) is 30.4 Å². The highest BCUT2D eigenvalue weighted by atomic mass is 32.1. The van der Waals surface area contributed by atoms with Gasteiger partial charge >= 0.3 is 5.97 Å². The van der Waals surface area contributed by atoms with E-state index in [9.17, 15) is 4.79 Å². The van der Waals surface area contributed by atoms with E-state index in [1.165, 1.54) is 11.3 Å². The van der Waals surface area contributed by atoms with Crippen molar-refractivity contribution in [2.45, 2.75) is 45.8 Å². The summed E-state index contributed by atoms with van der Waals surface area (Å²) in [6.07, 6.45) is 1.54. The summed E-state index contributed by atoms with van der Waals surface area (Å²) in [7, 11) is 1.62. The first kappa shape index (κ1) is 21.5. The molecule has 0 bridgehead atoms. The molecule has 1 aromatic heterocycles. The average Bonchev–Trinajstić information content (AvgIpc) is 3.05. The zero-order chi connectivity index (χ0) is 21.0. The van der Waals surface area contributed by atoms with Gasteiger partial charge in [-0.3, -0.25) is 0 Å². The number of methoxy groups -OCH3 is 1. The van der Waals surface area contributed by atoms with Gasteiger partial charge in [-0.05, 0) is 62.3 Å². The fourth-order valence-corrected chi connectivity index (χ4v) is 4.56. The van der Waals surface area contributed by atoms with Crippen LogP contribution in [-0.2, 0) is 22.5 Å². The maximum absolute atomic E-state index is 12.7. The van der Waals surface area contributed by atoms with Crippen LogP contribution in [0.3, 0.4) is 0 Å². The summed E-state index contributed by atoms with van der Waals surface area (Å²) in [6, 6.07) is 7.45. The lowest BCUT2D eigenvalue weighted by molar-refractivity contribution is -0.0548. The molecule has 29 heavy (non-hydrogen) atoms. The number of rotatable bonds is 6. The van der Waals surface area contributed by atoms with Crippen LogP contribution < -0.4 is 15.4 Å². The smallest absolute Gasteiger partial charge is 0.341 e. The molecule has 8 heteroatoms. The van der Waals surface area contributed by atoms with Gasteiger partial charge in [-0.1, -0.05) is 6.92 Å². The number of carbonyl (C=O) groups excluding carboxylic acids is 1. The molecule has 3 rings (SSSR count). The van der Waals surface area contributed by atoms with Crippen LogP contribution in [0.25, 0.3) is 0 Å². The fourth-order valence-electron chi connectivity index (χ4n) is 3.15. The van der Waals surface area contributed by atoms with Crippen molar-refractivity contribution < 1.29 is 19.0 Å². The predicted octanol–water partition coefficient (Wildman–Crippen LogP) is 4.98. The second-order valence-corrected chi connectivity index (χ2v) is 8.52. The van der Waals surface area contributed by atoms with Crippen LogP contribution >= 0.6 is 23.6 Å². The first-order valence-corrected chi connectivity index (χ1v) is 10.8. The maximum atomic E-state index is 12.7. The Labute approximate surface area is 180 Å². The van der Waals surface area contributed by atoms with E-state index < -0.39 is 0 Å². The quantitative estimate of drug-likeness (QED) is 0.491. The zero-order valence-electron chi connectivity index (χ0n) is 17.1. The van der Waals surface area contributed by atoms with Crippen LogP contribution in [0.15, 0.2) is 24.3 Å². The Kier molecular flexibility index (Phi) is 6.77. The van der Waals surface area contributed by atoms with Crippen LogP contribution in [0.2, 0.25) is 0 Å². The third kappa shape index (κ3) is 4.88. The molecular formula is C21H26N2O4S2. The lowest BCUT2D eigenvalue weighted by Gasteiger charge is -2.33. The fraction of sp³-hybridized carbons (Fsp3) is 0.429. The van der Waals surface area contributed by atoms with E-state index >= 15 is 0 Å². The van der Waals surface area contributed by atoms with Crippen LogP contribution in [0.4, 0.5) is 10.7 Å². The first-order chi connectivity index (χ1) is 13.9. The summed E-state index contributed by atoms with van der Waals surface area (Å²) in [5.41, 5.74) is 2.10. The molecule has 1 aromatic carbocycles. The zero-order valence-corrected chi connectivity index (χ0v) is 18.7. The van der Waals surface area contributed by atoms with E-state index in [0.29, 0.717) is 35.3 Å². The maximum Gasteiger partial charge on any atom is 0.341 e. The Balaban J connectivity index is 1.84. The minimum atomic E-state index is -0.333. The Morgan fingerprint density at radius 3 is 2.62 bits per heavy atom. The number of thiocarbonyl (C=S) groups is 1. The largest absolute Gasteiger partial charge is 0.497 e. The van der Waals surface area contributed by atoms with Crippen molar-refractivity contribution in [1.82, 2.24) is 0 Å². The monoisotopic (exact) mass is 434 g/mol. The summed E-state index contributed by atoms with van der Waals surface area (Å²) in [4.78, 5) is 13.8. The number of carbonyl (C=O) groups is 1.